The fourth-order valence-corrected chi connectivity index (χ4v) is 1.90. The third-order valence-corrected chi connectivity index (χ3v) is 3.21. The lowest BCUT2D eigenvalue weighted by Crippen LogP contribution is -2.13. The number of aromatic nitrogens is 2. The summed E-state index contributed by atoms with van der Waals surface area (Å²) >= 11 is 4.90. The monoisotopic (exact) mass is 286 g/mol. The molecule has 0 aliphatic carbocycles. The lowest BCUT2D eigenvalue weighted by atomic mass is 10.0. The maximum atomic E-state index is 5.55. The Morgan fingerprint density at radius 1 is 1.25 bits per heavy atom. The highest BCUT2D eigenvalue weighted by molar-refractivity contribution is 7.80. The number of rotatable bonds is 5. The Kier molecular flexibility index (Phi) is 4.63. The van der Waals surface area contributed by atoms with Crippen LogP contribution in [0, 0.1) is 0 Å². The van der Waals surface area contributed by atoms with Crippen molar-refractivity contribution in [2.45, 2.75) is 26.3 Å². The third kappa shape index (κ3) is 3.74. The Morgan fingerprint density at radius 2 is 1.95 bits per heavy atom. The molecule has 20 heavy (non-hydrogen) atoms. The largest absolute Gasteiger partial charge is 0.388 e. The first-order valence-corrected chi connectivity index (χ1v) is 6.92. The molecule has 1 heterocycles. The molecule has 0 radical (unpaired) electrons. The van der Waals surface area contributed by atoms with E-state index in [0.717, 1.165) is 0 Å². The van der Waals surface area contributed by atoms with Crippen LogP contribution in [0.3, 0.4) is 0 Å². The maximum Gasteiger partial charge on any atom is 0.223 e. The highest BCUT2D eigenvalue weighted by Crippen LogP contribution is 2.15. The van der Waals surface area contributed by atoms with Gasteiger partial charge in [0.1, 0.15) is 10.7 Å². The van der Waals surface area contributed by atoms with E-state index in [1.807, 2.05) is 0 Å². The second kappa shape index (κ2) is 6.43. The van der Waals surface area contributed by atoms with Crippen molar-refractivity contribution in [2.75, 3.05) is 5.32 Å². The van der Waals surface area contributed by atoms with Gasteiger partial charge in [-0.2, -0.15) is 0 Å². The highest BCUT2D eigenvalue weighted by atomic mass is 32.1. The van der Waals surface area contributed by atoms with E-state index in [2.05, 4.69) is 53.4 Å². The van der Waals surface area contributed by atoms with Crippen LogP contribution in [0.1, 0.15) is 36.6 Å². The van der Waals surface area contributed by atoms with Crippen molar-refractivity contribution in [3.63, 3.8) is 0 Å². The van der Waals surface area contributed by atoms with Gasteiger partial charge in [-0.15, -0.1) is 0 Å². The maximum absolute atomic E-state index is 5.55. The quantitative estimate of drug-likeness (QED) is 0.828. The zero-order valence-electron chi connectivity index (χ0n) is 11.6. The van der Waals surface area contributed by atoms with Crippen molar-refractivity contribution in [1.29, 1.82) is 0 Å². The molecule has 0 aliphatic rings. The molecule has 1 aromatic carbocycles. The Hall–Kier alpha value is -2.01. The van der Waals surface area contributed by atoms with E-state index in [4.69, 9.17) is 18.0 Å². The van der Waals surface area contributed by atoms with Crippen molar-refractivity contribution in [1.82, 2.24) is 9.97 Å². The number of benzene rings is 1. The predicted octanol–water partition coefficient (Wildman–Crippen LogP) is 2.85. The zero-order chi connectivity index (χ0) is 14.5. The first kappa shape index (κ1) is 14.4. The number of thiocarbonyl (C=S) groups is 1. The summed E-state index contributed by atoms with van der Waals surface area (Å²) in [6, 6.07) is 10.2. The molecule has 0 saturated heterocycles. The normalized spacial score (nSPS) is 10.6. The van der Waals surface area contributed by atoms with Crippen LogP contribution in [0.15, 0.2) is 36.5 Å². The van der Waals surface area contributed by atoms with Gasteiger partial charge in [0.15, 0.2) is 0 Å². The molecule has 2 rings (SSSR count). The standard InChI is InChI=1S/C15H18N4S/c1-10(2)12-5-3-11(4-6-12)9-18-15-17-8-7-13(19-15)14(16)20/h3-8,10H,9H2,1-2H3,(H2,16,20)(H,17,18,19). The average molecular weight is 286 g/mol. The minimum absolute atomic E-state index is 0.275. The van der Waals surface area contributed by atoms with Crippen molar-refractivity contribution >= 4 is 23.2 Å². The van der Waals surface area contributed by atoms with Gasteiger partial charge in [0.2, 0.25) is 5.95 Å². The molecule has 0 atom stereocenters. The molecule has 0 saturated carbocycles. The number of nitrogens with zero attached hydrogens (tertiary/aromatic N) is 2. The second-order valence-corrected chi connectivity index (χ2v) is 5.32. The molecule has 5 heteroatoms. The van der Waals surface area contributed by atoms with Crippen LogP contribution >= 0.6 is 12.2 Å². The van der Waals surface area contributed by atoms with Crippen LogP contribution in [0.4, 0.5) is 5.95 Å². The van der Waals surface area contributed by atoms with Crippen LogP contribution in [0.2, 0.25) is 0 Å². The Balaban J connectivity index is 2.01. The molecule has 0 fully saturated rings. The molecule has 1 aromatic heterocycles. The van der Waals surface area contributed by atoms with Crippen LogP contribution in [-0.2, 0) is 6.54 Å². The molecule has 0 spiro atoms. The van der Waals surface area contributed by atoms with Gasteiger partial charge in [-0.25, -0.2) is 9.97 Å². The van der Waals surface area contributed by atoms with E-state index >= 15 is 0 Å². The van der Waals surface area contributed by atoms with Gasteiger partial charge in [-0.05, 0) is 23.1 Å². The molecule has 104 valence electrons. The molecule has 0 unspecified atom stereocenters. The van der Waals surface area contributed by atoms with Crippen molar-refractivity contribution < 1.29 is 0 Å². The van der Waals surface area contributed by atoms with Gasteiger partial charge in [-0.3, -0.25) is 0 Å². The van der Waals surface area contributed by atoms with E-state index in [9.17, 15) is 0 Å². The number of hydrogen-bond acceptors (Lipinski definition) is 4. The molecule has 2 aromatic rings. The zero-order valence-corrected chi connectivity index (χ0v) is 12.4. The van der Waals surface area contributed by atoms with Gasteiger partial charge >= 0.3 is 0 Å². The van der Waals surface area contributed by atoms with E-state index in [-0.39, 0.29) is 4.99 Å². The van der Waals surface area contributed by atoms with E-state index in [1.165, 1.54) is 11.1 Å². The van der Waals surface area contributed by atoms with Crippen molar-refractivity contribution in [3.8, 4) is 0 Å². The number of nitrogens with one attached hydrogen (secondary N) is 1. The number of anilines is 1. The molecular weight excluding hydrogens is 268 g/mol. The average Bonchev–Trinajstić information content (AvgIpc) is 2.46. The third-order valence-electron chi connectivity index (χ3n) is 3.01. The van der Waals surface area contributed by atoms with E-state index < -0.39 is 0 Å². The molecule has 0 aliphatic heterocycles. The first-order chi connectivity index (χ1) is 9.56. The smallest absolute Gasteiger partial charge is 0.223 e. The Morgan fingerprint density at radius 3 is 2.55 bits per heavy atom. The summed E-state index contributed by atoms with van der Waals surface area (Å²) in [7, 11) is 0. The summed E-state index contributed by atoms with van der Waals surface area (Å²) in [5.41, 5.74) is 8.64. The highest BCUT2D eigenvalue weighted by Gasteiger charge is 2.02. The molecule has 0 amide bonds. The van der Waals surface area contributed by atoms with E-state index in [0.29, 0.717) is 24.1 Å². The molecule has 0 bridgehead atoms. The summed E-state index contributed by atoms with van der Waals surface area (Å²) in [6.45, 7) is 5.03. The summed E-state index contributed by atoms with van der Waals surface area (Å²) in [4.78, 5) is 8.66. The Bertz CT molecular complexity index is 593. The lowest BCUT2D eigenvalue weighted by molar-refractivity contribution is 0.865. The minimum Gasteiger partial charge on any atom is -0.388 e. The van der Waals surface area contributed by atoms with Crippen molar-refractivity contribution in [2.24, 2.45) is 5.73 Å². The van der Waals surface area contributed by atoms with Crippen molar-refractivity contribution in [3.05, 3.63) is 53.3 Å². The van der Waals surface area contributed by atoms with Gasteiger partial charge in [0.25, 0.3) is 0 Å². The Labute approximate surface area is 124 Å². The fraction of sp³-hybridized carbons (Fsp3) is 0.267. The van der Waals surface area contributed by atoms with Gasteiger partial charge in [0, 0.05) is 12.7 Å². The summed E-state index contributed by atoms with van der Waals surface area (Å²) in [5.74, 6) is 1.07. The number of nitrogens with two attached hydrogens (primary N) is 1. The lowest BCUT2D eigenvalue weighted by Gasteiger charge is -2.08. The minimum atomic E-state index is 0.275. The van der Waals surface area contributed by atoms with Crippen LogP contribution < -0.4 is 11.1 Å². The van der Waals surface area contributed by atoms with Crippen LogP contribution in [0.5, 0.6) is 0 Å². The van der Waals surface area contributed by atoms with Gasteiger partial charge in [0.05, 0.1) is 0 Å². The summed E-state index contributed by atoms with van der Waals surface area (Å²) in [6.07, 6.45) is 1.64. The molecule has 4 nitrogen and oxygen atoms in total. The van der Waals surface area contributed by atoms with Gasteiger partial charge in [-0.1, -0.05) is 50.3 Å². The van der Waals surface area contributed by atoms with E-state index in [1.54, 1.807) is 12.3 Å². The SMILES string of the molecule is CC(C)c1ccc(CNc2nccc(C(N)=S)n2)cc1. The second-order valence-electron chi connectivity index (χ2n) is 4.88. The summed E-state index contributed by atoms with van der Waals surface area (Å²) < 4.78 is 0. The fourth-order valence-electron chi connectivity index (χ4n) is 1.78. The molecular formula is C15H18N4S. The van der Waals surface area contributed by atoms with Gasteiger partial charge < -0.3 is 11.1 Å². The topological polar surface area (TPSA) is 63.8 Å². The predicted molar refractivity (Wildman–Crippen MR) is 85.8 cm³/mol. The molecule has 3 N–H and O–H groups in total. The van der Waals surface area contributed by atoms with Crippen LogP contribution in [-0.4, -0.2) is 15.0 Å². The van der Waals surface area contributed by atoms with Crippen LogP contribution in [0.25, 0.3) is 0 Å². The number of hydrogen-bond donors (Lipinski definition) is 2. The summed E-state index contributed by atoms with van der Waals surface area (Å²) in [5, 5.41) is 3.17. The first-order valence-electron chi connectivity index (χ1n) is 6.52.